The third kappa shape index (κ3) is 4.39. The van der Waals surface area contributed by atoms with E-state index >= 15 is 0 Å². The highest BCUT2D eigenvalue weighted by Crippen LogP contribution is 2.45. The third-order valence-corrected chi connectivity index (χ3v) is 11.1. The monoisotopic (exact) mass is 699 g/mol. The summed E-state index contributed by atoms with van der Waals surface area (Å²) < 4.78 is 7.09. The van der Waals surface area contributed by atoms with Crippen molar-refractivity contribution in [3.63, 3.8) is 0 Å². The van der Waals surface area contributed by atoms with E-state index in [-0.39, 0.29) is 0 Å². The van der Waals surface area contributed by atoms with Crippen LogP contribution in [0.1, 0.15) is 5.56 Å². The minimum atomic E-state index is 0.430. The fourth-order valence-corrected chi connectivity index (χ4v) is 8.83. The summed E-state index contributed by atoms with van der Waals surface area (Å²) in [6.45, 7) is 7.81. The van der Waals surface area contributed by atoms with E-state index in [0.717, 1.165) is 82.8 Å². The SMILES string of the molecule is [C-]#[N+]c1ccc(-c2c(-n3c4ccccc4c4ccccc43)cc(-n3c4ccccc4c4ccccc43)cc2-n2c3ccccc3c3ccccc32)c(C#N)c1. The molecule has 0 spiro atoms. The summed E-state index contributed by atoms with van der Waals surface area (Å²) in [4.78, 5) is 3.71. The summed E-state index contributed by atoms with van der Waals surface area (Å²) >= 11 is 0. The van der Waals surface area contributed by atoms with E-state index in [1.165, 1.54) is 10.8 Å². The molecule has 0 unspecified atom stereocenters. The van der Waals surface area contributed by atoms with Crippen LogP contribution in [0.5, 0.6) is 0 Å². The molecular formula is C50H29N5. The van der Waals surface area contributed by atoms with Gasteiger partial charge in [0.2, 0.25) is 0 Å². The molecule has 0 radical (unpaired) electrons. The van der Waals surface area contributed by atoms with E-state index in [0.29, 0.717) is 11.3 Å². The number of hydrogen-bond acceptors (Lipinski definition) is 1. The van der Waals surface area contributed by atoms with Gasteiger partial charge in [0, 0.05) is 49.0 Å². The van der Waals surface area contributed by atoms with Crippen LogP contribution in [0.2, 0.25) is 0 Å². The molecule has 0 N–H and O–H groups in total. The highest BCUT2D eigenvalue weighted by atomic mass is 15.0. The van der Waals surface area contributed by atoms with E-state index in [1.807, 2.05) is 12.1 Å². The lowest BCUT2D eigenvalue weighted by molar-refractivity contribution is 1.10. The van der Waals surface area contributed by atoms with Crippen LogP contribution in [0.4, 0.5) is 5.69 Å². The molecule has 8 aromatic carbocycles. The number of aromatic nitrogens is 3. The molecule has 11 aromatic rings. The predicted molar refractivity (Wildman–Crippen MR) is 226 cm³/mol. The zero-order valence-corrected chi connectivity index (χ0v) is 29.5. The number of fused-ring (bicyclic) bond motifs is 9. The second-order valence-electron chi connectivity index (χ2n) is 13.9. The average Bonchev–Trinajstić information content (AvgIpc) is 3.89. The van der Waals surface area contributed by atoms with Gasteiger partial charge in [0.05, 0.1) is 62.8 Å². The van der Waals surface area contributed by atoms with Crippen molar-refractivity contribution in [3.8, 4) is 34.3 Å². The minimum Gasteiger partial charge on any atom is -0.309 e. The molecule has 254 valence electrons. The minimum absolute atomic E-state index is 0.430. The fourth-order valence-electron chi connectivity index (χ4n) is 8.83. The normalized spacial score (nSPS) is 11.6. The molecule has 0 aliphatic carbocycles. The van der Waals surface area contributed by atoms with Crippen LogP contribution in [-0.2, 0) is 0 Å². The van der Waals surface area contributed by atoms with Crippen molar-refractivity contribution in [2.75, 3.05) is 0 Å². The third-order valence-electron chi connectivity index (χ3n) is 11.1. The Morgan fingerprint density at radius 1 is 0.418 bits per heavy atom. The summed E-state index contributed by atoms with van der Waals surface area (Å²) in [7, 11) is 0. The Kier molecular flexibility index (Phi) is 6.61. The van der Waals surface area contributed by atoms with Crippen molar-refractivity contribution < 1.29 is 0 Å². The van der Waals surface area contributed by atoms with Crippen molar-refractivity contribution in [2.24, 2.45) is 0 Å². The Hall–Kier alpha value is -7.86. The van der Waals surface area contributed by atoms with Gasteiger partial charge in [-0.3, -0.25) is 0 Å². The van der Waals surface area contributed by atoms with Gasteiger partial charge in [-0.25, -0.2) is 4.85 Å². The summed E-state index contributed by atoms with van der Waals surface area (Å²) in [5.41, 5.74) is 11.9. The van der Waals surface area contributed by atoms with Crippen LogP contribution in [-0.4, -0.2) is 13.7 Å². The van der Waals surface area contributed by atoms with E-state index in [4.69, 9.17) is 6.57 Å². The highest BCUT2D eigenvalue weighted by molar-refractivity contribution is 6.13. The molecular weight excluding hydrogens is 671 g/mol. The van der Waals surface area contributed by atoms with Crippen molar-refractivity contribution in [1.82, 2.24) is 13.7 Å². The van der Waals surface area contributed by atoms with Crippen LogP contribution < -0.4 is 0 Å². The second-order valence-corrected chi connectivity index (χ2v) is 13.9. The van der Waals surface area contributed by atoms with Gasteiger partial charge < -0.3 is 13.7 Å². The molecule has 3 heterocycles. The Balaban J connectivity index is 1.41. The van der Waals surface area contributed by atoms with Crippen molar-refractivity contribution in [2.45, 2.75) is 0 Å². The largest absolute Gasteiger partial charge is 0.309 e. The smallest absolute Gasteiger partial charge is 0.188 e. The molecule has 5 heteroatoms. The van der Waals surface area contributed by atoms with Gasteiger partial charge in [-0.2, -0.15) is 5.26 Å². The predicted octanol–water partition coefficient (Wildman–Crippen LogP) is 13.1. The lowest BCUT2D eigenvalue weighted by Gasteiger charge is -2.23. The maximum atomic E-state index is 10.8. The Bertz CT molecular complexity index is 3170. The lowest BCUT2D eigenvalue weighted by atomic mass is 9.95. The number of benzene rings is 8. The zero-order valence-electron chi connectivity index (χ0n) is 29.5. The maximum absolute atomic E-state index is 10.8. The van der Waals surface area contributed by atoms with Gasteiger partial charge >= 0.3 is 0 Å². The zero-order chi connectivity index (χ0) is 36.6. The molecule has 11 rings (SSSR count). The molecule has 0 amide bonds. The van der Waals surface area contributed by atoms with Gasteiger partial charge in [0.15, 0.2) is 5.69 Å². The van der Waals surface area contributed by atoms with Crippen LogP contribution in [0.25, 0.3) is 98.5 Å². The lowest BCUT2D eigenvalue weighted by Crippen LogP contribution is -2.07. The number of nitrogens with zero attached hydrogens (tertiary/aromatic N) is 5. The first-order valence-corrected chi connectivity index (χ1v) is 18.3. The molecule has 0 saturated carbocycles. The fraction of sp³-hybridized carbons (Fsp3) is 0. The molecule has 0 bridgehead atoms. The van der Waals surface area contributed by atoms with Crippen molar-refractivity contribution in [3.05, 3.63) is 193 Å². The van der Waals surface area contributed by atoms with Crippen LogP contribution in [0.15, 0.2) is 176 Å². The number of para-hydroxylation sites is 6. The second kappa shape index (κ2) is 11.8. The van der Waals surface area contributed by atoms with Crippen LogP contribution >= 0.6 is 0 Å². The summed E-state index contributed by atoms with van der Waals surface area (Å²) in [6.07, 6.45) is 0. The summed E-state index contributed by atoms with van der Waals surface area (Å²) in [5.74, 6) is 0. The standard InChI is InChI=1S/C50H29N5/c1-52-33-26-27-35(32(28-33)31-51)50-48(54-44-22-10-4-16-38(44)39-17-5-11-23-45(39)54)29-34(53-42-20-8-2-14-36(42)37-15-3-9-21-43(37)53)30-49(50)55-46-24-12-6-18-40(46)41-19-7-13-25-47(41)55/h2-30H. The molecule has 55 heavy (non-hydrogen) atoms. The van der Waals surface area contributed by atoms with E-state index in [2.05, 4.69) is 182 Å². The van der Waals surface area contributed by atoms with Gasteiger partial charge in [-0.15, -0.1) is 0 Å². The van der Waals surface area contributed by atoms with Crippen molar-refractivity contribution in [1.29, 1.82) is 5.26 Å². The number of rotatable bonds is 4. The Morgan fingerprint density at radius 3 is 1.11 bits per heavy atom. The first kappa shape index (κ1) is 30.7. The first-order valence-electron chi connectivity index (χ1n) is 18.3. The molecule has 0 atom stereocenters. The van der Waals surface area contributed by atoms with E-state index < -0.39 is 0 Å². The van der Waals surface area contributed by atoms with Gasteiger partial charge in [0.25, 0.3) is 0 Å². The summed E-state index contributed by atoms with van der Waals surface area (Å²) in [6, 6.07) is 63.9. The van der Waals surface area contributed by atoms with Crippen LogP contribution in [0, 0.1) is 17.9 Å². The van der Waals surface area contributed by atoms with E-state index in [1.54, 1.807) is 6.07 Å². The number of hydrogen-bond donors (Lipinski definition) is 0. The molecule has 0 fully saturated rings. The Morgan fingerprint density at radius 2 is 0.764 bits per heavy atom. The quantitative estimate of drug-likeness (QED) is 0.169. The van der Waals surface area contributed by atoms with Gasteiger partial charge in [-0.05, 0) is 54.6 Å². The molecule has 0 aliphatic rings. The van der Waals surface area contributed by atoms with Gasteiger partial charge in [0.1, 0.15) is 0 Å². The number of nitriles is 1. The summed E-state index contributed by atoms with van der Waals surface area (Å²) in [5, 5.41) is 17.8. The Labute approximate surface area is 316 Å². The van der Waals surface area contributed by atoms with Gasteiger partial charge in [-0.1, -0.05) is 121 Å². The molecule has 0 aliphatic heterocycles. The molecule has 3 aromatic heterocycles. The van der Waals surface area contributed by atoms with Crippen molar-refractivity contribution >= 4 is 71.1 Å². The maximum Gasteiger partial charge on any atom is 0.188 e. The van der Waals surface area contributed by atoms with Crippen LogP contribution in [0.3, 0.4) is 0 Å². The topological polar surface area (TPSA) is 42.9 Å². The van der Waals surface area contributed by atoms with E-state index in [9.17, 15) is 5.26 Å². The highest BCUT2D eigenvalue weighted by Gasteiger charge is 2.26. The molecule has 5 nitrogen and oxygen atoms in total. The molecule has 0 saturated heterocycles. The average molecular weight is 700 g/mol. The first-order chi connectivity index (χ1) is 27.2.